The lowest BCUT2D eigenvalue weighted by molar-refractivity contribution is -0.188. The lowest BCUT2D eigenvalue weighted by Crippen LogP contribution is -2.45. The fraction of sp³-hybridized carbons (Fsp3) is 0.286. The molecule has 1 fully saturated rings. The van der Waals surface area contributed by atoms with E-state index >= 15 is 0 Å². The zero-order valence-electron chi connectivity index (χ0n) is 15.8. The molecule has 2 aromatic rings. The summed E-state index contributed by atoms with van der Waals surface area (Å²) in [5, 5.41) is 0. The Morgan fingerprint density at radius 2 is 1.43 bits per heavy atom. The number of ether oxygens (including phenoxy) is 4. The molecule has 1 saturated heterocycles. The van der Waals surface area contributed by atoms with Gasteiger partial charge in [0, 0.05) is 6.92 Å². The van der Waals surface area contributed by atoms with Crippen molar-refractivity contribution in [2.24, 2.45) is 0 Å². The first kappa shape index (κ1) is 21.4. The molecule has 1 aliphatic rings. The molecule has 0 aliphatic carbocycles. The van der Waals surface area contributed by atoms with Crippen molar-refractivity contribution in [3.63, 3.8) is 0 Å². The van der Waals surface area contributed by atoms with E-state index in [9.17, 15) is 23.2 Å². The minimum absolute atomic E-state index is 0.0360. The van der Waals surface area contributed by atoms with Gasteiger partial charge in [0.2, 0.25) is 12.4 Å². The highest BCUT2D eigenvalue weighted by Gasteiger charge is 2.63. The second kappa shape index (κ2) is 9.00. The topological polar surface area (TPSA) is 88.1 Å². The van der Waals surface area contributed by atoms with Crippen LogP contribution in [0.3, 0.4) is 0 Å². The van der Waals surface area contributed by atoms with Crippen LogP contribution in [0.2, 0.25) is 0 Å². The lowest BCUT2D eigenvalue weighted by Gasteiger charge is -2.23. The van der Waals surface area contributed by atoms with Crippen molar-refractivity contribution in [3.05, 3.63) is 71.8 Å². The summed E-state index contributed by atoms with van der Waals surface area (Å²) in [4.78, 5) is 35.6. The van der Waals surface area contributed by atoms with Gasteiger partial charge >= 0.3 is 23.8 Å². The quantitative estimate of drug-likeness (QED) is 0.524. The highest BCUT2D eigenvalue weighted by atomic mass is 19.3. The second-order valence-corrected chi connectivity index (χ2v) is 6.43. The third-order valence-corrected chi connectivity index (χ3v) is 4.26. The molecular weight excluding hydrogens is 402 g/mol. The summed E-state index contributed by atoms with van der Waals surface area (Å²) < 4.78 is 49.5. The molecule has 0 bridgehead atoms. The molecule has 0 saturated carbocycles. The average Bonchev–Trinajstić information content (AvgIpc) is 2.96. The second-order valence-electron chi connectivity index (χ2n) is 6.43. The predicted molar refractivity (Wildman–Crippen MR) is 97.7 cm³/mol. The van der Waals surface area contributed by atoms with E-state index in [2.05, 4.69) is 0 Å². The van der Waals surface area contributed by atoms with Gasteiger partial charge in [0.15, 0.2) is 6.10 Å². The van der Waals surface area contributed by atoms with Crippen LogP contribution < -0.4 is 0 Å². The first-order valence-electron chi connectivity index (χ1n) is 8.97. The van der Waals surface area contributed by atoms with Crippen LogP contribution in [0, 0.1) is 0 Å². The summed E-state index contributed by atoms with van der Waals surface area (Å²) in [5.74, 6) is -6.56. The highest BCUT2D eigenvalue weighted by molar-refractivity contribution is 5.90. The van der Waals surface area contributed by atoms with E-state index in [-0.39, 0.29) is 11.1 Å². The molecule has 9 heteroatoms. The van der Waals surface area contributed by atoms with Crippen molar-refractivity contribution in [1.82, 2.24) is 0 Å². The van der Waals surface area contributed by atoms with Gasteiger partial charge in [-0.1, -0.05) is 36.4 Å². The smallest absolute Gasteiger partial charge is 0.338 e. The molecule has 30 heavy (non-hydrogen) atoms. The highest BCUT2D eigenvalue weighted by Crippen LogP contribution is 2.39. The van der Waals surface area contributed by atoms with E-state index in [1.165, 1.54) is 36.4 Å². The van der Waals surface area contributed by atoms with Crippen molar-refractivity contribution in [1.29, 1.82) is 0 Å². The average molecular weight is 420 g/mol. The minimum atomic E-state index is -3.79. The minimum Gasteiger partial charge on any atom is -0.459 e. The van der Waals surface area contributed by atoms with E-state index in [0.29, 0.717) is 0 Å². The van der Waals surface area contributed by atoms with Crippen molar-refractivity contribution in [3.8, 4) is 0 Å². The van der Waals surface area contributed by atoms with Gasteiger partial charge in [0.25, 0.3) is 0 Å². The molecule has 0 aromatic heterocycles. The molecule has 0 amide bonds. The number of esters is 3. The molecule has 7 nitrogen and oxygen atoms in total. The maximum absolute atomic E-state index is 14.9. The Bertz CT molecular complexity index is 902. The van der Waals surface area contributed by atoms with E-state index in [4.69, 9.17) is 18.9 Å². The SMILES string of the molecule is CC(=O)O[C@H]1O[C@H](COC(=O)c2ccccc2)C(F)(F)[C@H]1OC(=O)c1ccccc1. The molecule has 1 heterocycles. The summed E-state index contributed by atoms with van der Waals surface area (Å²) in [6, 6.07) is 15.3. The molecule has 2 aromatic carbocycles. The Labute approximate surface area is 170 Å². The largest absolute Gasteiger partial charge is 0.459 e. The number of rotatable bonds is 6. The standard InChI is InChI=1S/C21H18F2O7/c1-13(24)28-20-17(30-19(26)15-10-6-3-7-11-15)21(22,23)16(29-20)12-27-18(25)14-8-4-2-5-9-14/h2-11,16-17,20H,12H2,1H3/t16-,17+,20+/m1/s1. The third-order valence-electron chi connectivity index (χ3n) is 4.26. The van der Waals surface area contributed by atoms with Gasteiger partial charge in [0.05, 0.1) is 11.1 Å². The molecule has 0 spiro atoms. The van der Waals surface area contributed by atoms with Gasteiger partial charge in [-0.3, -0.25) is 4.79 Å². The molecule has 0 radical (unpaired) electrons. The number of halogens is 2. The normalized spacial score (nSPS) is 22.2. The summed E-state index contributed by atoms with van der Waals surface area (Å²) in [6.07, 6.45) is -6.05. The van der Waals surface area contributed by atoms with E-state index in [1.807, 2.05) is 0 Å². The zero-order valence-corrected chi connectivity index (χ0v) is 15.8. The van der Waals surface area contributed by atoms with Gasteiger partial charge in [0.1, 0.15) is 6.61 Å². The number of carbonyl (C=O) groups excluding carboxylic acids is 3. The summed E-state index contributed by atoms with van der Waals surface area (Å²) >= 11 is 0. The monoisotopic (exact) mass is 420 g/mol. The first-order valence-corrected chi connectivity index (χ1v) is 8.97. The van der Waals surface area contributed by atoms with Crippen LogP contribution in [0.25, 0.3) is 0 Å². The Morgan fingerprint density at radius 3 is 1.97 bits per heavy atom. The van der Waals surface area contributed by atoms with Crippen molar-refractivity contribution < 1.29 is 42.1 Å². The van der Waals surface area contributed by atoms with Gasteiger partial charge < -0.3 is 18.9 Å². The number of carbonyl (C=O) groups is 3. The van der Waals surface area contributed by atoms with Crippen molar-refractivity contribution >= 4 is 17.9 Å². The van der Waals surface area contributed by atoms with Gasteiger partial charge in [-0.15, -0.1) is 0 Å². The Kier molecular flexibility index (Phi) is 6.41. The summed E-state index contributed by atoms with van der Waals surface area (Å²) in [6.45, 7) is 0.165. The fourth-order valence-corrected chi connectivity index (χ4v) is 2.79. The maximum atomic E-state index is 14.9. The number of hydrogen-bond donors (Lipinski definition) is 0. The summed E-state index contributed by atoms with van der Waals surface area (Å²) in [5.41, 5.74) is 0.205. The zero-order chi connectivity index (χ0) is 21.7. The van der Waals surface area contributed by atoms with Crippen LogP contribution in [0.1, 0.15) is 27.6 Å². The Balaban J connectivity index is 1.73. The third kappa shape index (κ3) is 4.80. The number of benzene rings is 2. The lowest BCUT2D eigenvalue weighted by atomic mass is 10.1. The molecular formula is C21H18F2O7. The van der Waals surface area contributed by atoms with Gasteiger partial charge in [-0.25, -0.2) is 9.59 Å². The molecule has 1 aliphatic heterocycles. The van der Waals surface area contributed by atoms with E-state index in [1.54, 1.807) is 24.3 Å². The van der Waals surface area contributed by atoms with Crippen molar-refractivity contribution in [2.75, 3.05) is 6.61 Å². The van der Waals surface area contributed by atoms with E-state index in [0.717, 1.165) is 6.92 Å². The van der Waals surface area contributed by atoms with E-state index < -0.39 is 48.9 Å². The van der Waals surface area contributed by atoms with Gasteiger partial charge in [-0.05, 0) is 24.3 Å². The Hall–Kier alpha value is -3.33. The van der Waals surface area contributed by atoms with Crippen LogP contribution in [-0.2, 0) is 23.7 Å². The number of hydrogen-bond acceptors (Lipinski definition) is 7. The molecule has 3 atom stereocenters. The van der Waals surface area contributed by atoms with Crippen molar-refractivity contribution in [2.45, 2.75) is 31.3 Å². The van der Waals surface area contributed by atoms with Crippen LogP contribution in [0.4, 0.5) is 8.78 Å². The summed E-state index contributed by atoms with van der Waals surface area (Å²) in [7, 11) is 0. The predicted octanol–water partition coefficient (Wildman–Crippen LogP) is 2.99. The van der Waals surface area contributed by atoms with Crippen LogP contribution in [0.5, 0.6) is 0 Å². The molecule has 0 unspecified atom stereocenters. The maximum Gasteiger partial charge on any atom is 0.338 e. The molecule has 3 rings (SSSR count). The molecule has 158 valence electrons. The molecule has 0 N–H and O–H groups in total. The first-order chi connectivity index (χ1) is 14.3. The van der Waals surface area contributed by atoms with Crippen LogP contribution >= 0.6 is 0 Å². The Morgan fingerprint density at radius 1 is 0.900 bits per heavy atom. The van der Waals surface area contributed by atoms with Crippen LogP contribution in [0.15, 0.2) is 60.7 Å². The van der Waals surface area contributed by atoms with Crippen LogP contribution in [-0.4, -0.2) is 48.9 Å². The van der Waals surface area contributed by atoms with Gasteiger partial charge in [-0.2, -0.15) is 8.78 Å². The fourth-order valence-electron chi connectivity index (χ4n) is 2.79. The number of alkyl halides is 2.